The Bertz CT molecular complexity index is 117. The first kappa shape index (κ1) is 2.56. The first-order chi connectivity index (χ1) is 4.00. The lowest BCUT2D eigenvalue weighted by molar-refractivity contribution is -0.969. The zero-order valence-corrected chi connectivity index (χ0v) is 3.84. The van der Waals surface area contributed by atoms with E-state index in [0.29, 0.717) is 12.6 Å². The van der Waals surface area contributed by atoms with E-state index in [4.69, 9.17) is 0 Å². The van der Waals surface area contributed by atoms with Crippen molar-refractivity contribution in [1.82, 2.24) is 30.7 Å². The summed E-state index contributed by atoms with van der Waals surface area (Å²) in [7, 11) is 0. The van der Waals surface area contributed by atoms with Crippen molar-refractivity contribution in [2.24, 2.45) is 0 Å². The Morgan fingerprint density at radius 1 is 0.500 bits per heavy atom. The van der Waals surface area contributed by atoms with Gasteiger partial charge in [-0.1, -0.05) is 30.7 Å². The standard InChI is InChI=1S/C2H2N6/c1-3-6-2-7(3)5(1)8(2)4(1)6/h1-2H. The Morgan fingerprint density at radius 2 is 0.750 bits per heavy atom. The highest BCUT2D eigenvalue weighted by Gasteiger charge is 2.99. The molecule has 0 amide bonds. The number of hydrazine groups is 6. The van der Waals surface area contributed by atoms with Crippen LogP contribution in [0.5, 0.6) is 0 Å². The molecule has 6 fully saturated rings. The lowest BCUT2D eigenvalue weighted by Crippen LogP contribution is -3.29. The highest BCUT2D eigenvalue weighted by Crippen LogP contribution is 2.71. The second-order valence-corrected chi connectivity index (χ2v) is 2.62. The SMILES string of the molecule is C12N3N4C5N3N1N5N24. The van der Waals surface area contributed by atoms with Gasteiger partial charge in [-0.05, 0) is 0 Å². The molecule has 0 saturated carbocycles. The molecule has 0 aromatic heterocycles. The lowest BCUT2D eigenvalue weighted by Gasteiger charge is -3.03. The Balaban J connectivity index is 2.00. The van der Waals surface area contributed by atoms with Gasteiger partial charge < -0.3 is 0 Å². The van der Waals surface area contributed by atoms with E-state index >= 15 is 0 Å². The van der Waals surface area contributed by atoms with Crippen LogP contribution in [0.2, 0.25) is 0 Å². The molecule has 6 heterocycles. The first-order valence-electron chi connectivity index (χ1n) is 2.75. The van der Waals surface area contributed by atoms with E-state index in [0.717, 1.165) is 0 Å². The maximum absolute atomic E-state index is 2.24. The molecular formula is C2H2N6. The van der Waals surface area contributed by atoms with Crippen LogP contribution in [-0.4, -0.2) is 43.3 Å². The van der Waals surface area contributed by atoms with Gasteiger partial charge in [-0.3, -0.25) is 0 Å². The summed E-state index contributed by atoms with van der Waals surface area (Å²) in [5, 5.41) is 13.4. The van der Waals surface area contributed by atoms with Gasteiger partial charge >= 0.3 is 0 Å². The smallest absolute Gasteiger partial charge is 0.1000 e. The highest BCUT2D eigenvalue weighted by molar-refractivity contribution is 5.11. The highest BCUT2D eigenvalue weighted by atomic mass is 16.7. The number of hydrogen-bond donors (Lipinski definition) is 0. The fraction of sp³-hybridized carbons (Fsp3) is 1.00. The topological polar surface area (TPSA) is 19.4 Å². The van der Waals surface area contributed by atoms with E-state index in [9.17, 15) is 0 Å². The molecule has 0 aromatic rings. The van der Waals surface area contributed by atoms with Crippen molar-refractivity contribution in [3.8, 4) is 0 Å². The Kier molecular flexibility index (Phi) is 0.127. The van der Waals surface area contributed by atoms with Crippen LogP contribution in [0.25, 0.3) is 0 Å². The zero-order chi connectivity index (χ0) is 4.62. The van der Waals surface area contributed by atoms with Crippen molar-refractivity contribution in [1.29, 1.82) is 0 Å². The van der Waals surface area contributed by atoms with E-state index in [1.54, 1.807) is 0 Å². The molecule has 6 aliphatic heterocycles. The van der Waals surface area contributed by atoms with Gasteiger partial charge in [0.05, 0.1) is 0 Å². The third kappa shape index (κ3) is 0.0572. The van der Waals surface area contributed by atoms with Crippen LogP contribution in [-0.2, 0) is 0 Å². The van der Waals surface area contributed by atoms with Gasteiger partial charge in [0, 0.05) is 0 Å². The molecular weight excluding hydrogens is 108 g/mol. The summed E-state index contributed by atoms with van der Waals surface area (Å²) in [6, 6.07) is 0. The van der Waals surface area contributed by atoms with Gasteiger partial charge in [-0.2, -0.15) is 0 Å². The number of hydrogen-bond acceptors (Lipinski definition) is 6. The number of rotatable bonds is 0. The maximum atomic E-state index is 2.24. The largest absolute Gasteiger partial charge is 0.209 e. The molecule has 0 N–H and O–H groups in total. The third-order valence-electron chi connectivity index (χ3n) is 2.50. The van der Waals surface area contributed by atoms with Crippen molar-refractivity contribution < 1.29 is 0 Å². The summed E-state index contributed by atoms with van der Waals surface area (Å²) in [4.78, 5) is 0. The summed E-state index contributed by atoms with van der Waals surface area (Å²) in [5.41, 5.74) is 0. The van der Waals surface area contributed by atoms with Crippen LogP contribution in [0, 0.1) is 0 Å². The van der Waals surface area contributed by atoms with Crippen molar-refractivity contribution in [3.63, 3.8) is 0 Å². The minimum absolute atomic E-state index is 0.611. The van der Waals surface area contributed by atoms with Gasteiger partial charge in [-0.25, -0.2) is 0 Å². The summed E-state index contributed by atoms with van der Waals surface area (Å²) in [5.74, 6) is 0. The van der Waals surface area contributed by atoms with Crippen LogP contribution in [0.15, 0.2) is 0 Å². The monoisotopic (exact) mass is 110 g/mol. The molecule has 6 saturated heterocycles. The van der Waals surface area contributed by atoms with Crippen molar-refractivity contribution in [2.75, 3.05) is 0 Å². The van der Waals surface area contributed by atoms with E-state index in [-0.39, 0.29) is 0 Å². The van der Waals surface area contributed by atoms with Crippen LogP contribution in [0.4, 0.5) is 0 Å². The Labute approximate surface area is 44.5 Å². The Morgan fingerprint density at radius 3 is 0.875 bits per heavy atom. The van der Waals surface area contributed by atoms with Crippen molar-refractivity contribution >= 4 is 0 Å². The average molecular weight is 110 g/mol. The van der Waals surface area contributed by atoms with Crippen molar-refractivity contribution in [2.45, 2.75) is 12.6 Å². The van der Waals surface area contributed by atoms with Crippen LogP contribution in [0.1, 0.15) is 0 Å². The second kappa shape index (κ2) is 0.397. The summed E-state index contributed by atoms with van der Waals surface area (Å²) in [6.45, 7) is 0. The Hall–Kier alpha value is -0.240. The minimum Gasteiger partial charge on any atom is -0.1000 e. The molecule has 0 radical (unpaired) electrons. The predicted octanol–water partition coefficient (Wildman–Crippen LogP) is -2.08. The molecule has 0 bridgehead atoms. The normalized spacial score (nSPS) is 54.0. The molecule has 0 atom stereocenters. The van der Waals surface area contributed by atoms with E-state index in [1.807, 2.05) is 0 Å². The third-order valence-corrected chi connectivity index (χ3v) is 2.50. The van der Waals surface area contributed by atoms with Gasteiger partial charge in [0.25, 0.3) is 0 Å². The van der Waals surface area contributed by atoms with Gasteiger partial charge in [0.2, 0.25) is 12.6 Å². The molecule has 0 spiro atoms. The predicted molar refractivity (Wildman–Crippen MR) is 18.6 cm³/mol. The second-order valence-electron chi connectivity index (χ2n) is 2.62. The molecule has 40 valence electrons. The molecule has 6 aliphatic rings. The first-order valence-corrected chi connectivity index (χ1v) is 2.75. The van der Waals surface area contributed by atoms with Crippen LogP contribution in [0.3, 0.4) is 0 Å². The zero-order valence-electron chi connectivity index (χ0n) is 3.84. The molecule has 6 rings (SSSR count). The van der Waals surface area contributed by atoms with Gasteiger partial charge in [0.1, 0.15) is 0 Å². The molecule has 0 aliphatic carbocycles. The summed E-state index contributed by atoms with van der Waals surface area (Å²) < 4.78 is 0. The van der Waals surface area contributed by atoms with Crippen molar-refractivity contribution in [3.05, 3.63) is 0 Å². The van der Waals surface area contributed by atoms with Gasteiger partial charge in [0.15, 0.2) is 0 Å². The van der Waals surface area contributed by atoms with E-state index in [2.05, 4.69) is 30.7 Å². The number of nitrogens with zero attached hydrogens (tertiary/aromatic N) is 6. The quantitative estimate of drug-likeness (QED) is 0.354. The van der Waals surface area contributed by atoms with Gasteiger partial charge in [-0.15, -0.1) is 0 Å². The molecule has 6 heteroatoms. The average Bonchev–Trinajstić information content (AvgIpc) is 1.90. The molecule has 8 heavy (non-hydrogen) atoms. The fourth-order valence-electron chi connectivity index (χ4n) is 2.10. The fourth-order valence-corrected chi connectivity index (χ4v) is 2.10. The van der Waals surface area contributed by atoms with Crippen LogP contribution < -0.4 is 0 Å². The van der Waals surface area contributed by atoms with E-state index < -0.39 is 0 Å². The molecule has 0 aromatic carbocycles. The molecule has 0 unspecified atom stereocenters. The summed E-state index contributed by atoms with van der Waals surface area (Å²) in [6.07, 6.45) is 1.22. The maximum Gasteiger partial charge on any atom is 0.209 e. The summed E-state index contributed by atoms with van der Waals surface area (Å²) >= 11 is 0. The molecule has 6 nitrogen and oxygen atoms in total. The lowest BCUT2D eigenvalue weighted by atomic mass is 10.3. The van der Waals surface area contributed by atoms with Crippen LogP contribution >= 0.6 is 0 Å². The minimum atomic E-state index is 0.611. The van der Waals surface area contributed by atoms with E-state index in [1.165, 1.54) is 0 Å².